The molecule has 1 rings (SSSR count). The predicted molar refractivity (Wildman–Crippen MR) is 48.6 cm³/mol. The fourth-order valence-electron chi connectivity index (χ4n) is 0.677. The van der Waals surface area contributed by atoms with Crippen molar-refractivity contribution >= 4 is 31.4 Å². The lowest BCUT2D eigenvalue weighted by molar-refractivity contribution is 1.45. The molecule has 2 heteroatoms. The van der Waals surface area contributed by atoms with Crippen LogP contribution in [0.15, 0.2) is 24.3 Å². The zero-order valence-corrected chi connectivity index (χ0v) is 8.98. The third-order valence-electron chi connectivity index (χ3n) is 1.27. The minimum absolute atomic E-state index is 0.967. The highest BCUT2D eigenvalue weighted by Crippen LogP contribution is 2.01. The molecule has 0 saturated carbocycles. The van der Waals surface area contributed by atoms with Crippen molar-refractivity contribution < 1.29 is 0 Å². The number of benzene rings is 1. The molecule has 0 bridgehead atoms. The van der Waals surface area contributed by atoms with Crippen LogP contribution < -0.4 is 5.19 Å². The van der Waals surface area contributed by atoms with Crippen molar-refractivity contribution in [3.05, 3.63) is 29.8 Å². The van der Waals surface area contributed by atoms with E-state index in [0.717, 1.165) is 15.6 Å². The molecule has 0 heterocycles. The fraction of sp³-hybridized carbons (Fsp3) is 0.143. The minimum Gasteiger partial charge on any atom is -0.0876 e. The molecule has 0 N–H and O–H groups in total. The first-order valence-electron chi connectivity index (χ1n) is 2.94. The third-order valence-corrected chi connectivity index (χ3v) is 2.59. The zero-order chi connectivity index (χ0) is 6.69. The van der Waals surface area contributed by atoms with Crippen LogP contribution in [0.5, 0.6) is 0 Å². The monoisotopic (exact) mass is 200 g/mol. The summed E-state index contributed by atoms with van der Waals surface area (Å²) in [7, 11) is 1.16. The largest absolute Gasteiger partial charge is 0.0876 e. The molecule has 9 heavy (non-hydrogen) atoms. The van der Waals surface area contributed by atoms with E-state index >= 15 is 0 Å². The summed E-state index contributed by atoms with van der Waals surface area (Å²) >= 11 is 3.39. The lowest BCUT2D eigenvalue weighted by Gasteiger charge is -1.93. The number of alkyl halides is 1. The van der Waals surface area contributed by atoms with Gasteiger partial charge in [-0.1, -0.05) is 45.4 Å². The predicted octanol–water partition coefficient (Wildman–Crippen LogP) is 0.572. The molecule has 0 aliphatic carbocycles. The molecule has 1 aromatic carbocycles. The van der Waals surface area contributed by atoms with Gasteiger partial charge in [-0.05, 0) is 5.56 Å². The summed E-state index contributed by atoms with van der Waals surface area (Å²) in [4.78, 5) is 0. The Morgan fingerprint density at radius 2 is 1.78 bits per heavy atom. The second kappa shape index (κ2) is 3.18. The van der Waals surface area contributed by atoms with Gasteiger partial charge in [-0.2, -0.15) is 0 Å². The van der Waals surface area contributed by atoms with Crippen molar-refractivity contribution in [2.45, 2.75) is 5.33 Å². The van der Waals surface area contributed by atoms with E-state index in [9.17, 15) is 0 Å². The van der Waals surface area contributed by atoms with Gasteiger partial charge in [0.2, 0.25) is 0 Å². The van der Waals surface area contributed by atoms with Crippen LogP contribution in [0.2, 0.25) is 0 Å². The van der Waals surface area contributed by atoms with Crippen LogP contribution >= 0.6 is 15.9 Å². The molecule has 0 unspecified atom stereocenters. The van der Waals surface area contributed by atoms with Crippen molar-refractivity contribution in [2.24, 2.45) is 0 Å². The van der Waals surface area contributed by atoms with Crippen molar-refractivity contribution in [3.63, 3.8) is 0 Å². The molecule has 0 radical (unpaired) electrons. The van der Waals surface area contributed by atoms with Crippen molar-refractivity contribution in [1.29, 1.82) is 0 Å². The maximum Gasteiger partial charge on any atom is 0.0384 e. The van der Waals surface area contributed by atoms with Gasteiger partial charge < -0.3 is 0 Å². The van der Waals surface area contributed by atoms with E-state index in [1.165, 1.54) is 10.8 Å². The van der Waals surface area contributed by atoms with E-state index in [-0.39, 0.29) is 0 Å². The third kappa shape index (κ3) is 1.95. The average molecular weight is 201 g/mol. The van der Waals surface area contributed by atoms with Gasteiger partial charge in [0.1, 0.15) is 0 Å². The van der Waals surface area contributed by atoms with Crippen molar-refractivity contribution in [3.8, 4) is 0 Å². The Hall–Kier alpha value is -0.0831. The highest BCUT2D eigenvalue weighted by Gasteiger charge is 1.85. The molecule has 1 aromatic rings. The normalized spacial score (nSPS) is 9.89. The molecule has 0 aliphatic rings. The summed E-state index contributed by atoms with van der Waals surface area (Å²) in [6, 6.07) is 8.69. The van der Waals surface area contributed by atoms with Crippen molar-refractivity contribution in [2.75, 3.05) is 0 Å². The van der Waals surface area contributed by atoms with Crippen LogP contribution in [0.1, 0.15) is 5.56 Å². The van der Waals surface area contributed by atoms with E-state index in [1.54, 1.807) is 0 Å². The maximum atomic E-state index is 3.39. The van der Waals surface area contributed by atoms with Gasteiger partial charge in [0, 0.05) is 15.6 Å². The van der Waals surface area contributed by atoms with Gasteiger partial charge in [0.25, 0.3) is 0 Å². The molecule has 0 aromatic heterocycles. The highest BCUT2D eigenvalue weighted by atomic mass is 79.9. The molecule has 48 valence electrons. The number of halogens is 1. The van der Waals surface area contributed by atoms with Crippen molar-refractivity contribution in [1.82, 2.24) is 0 Å². The fourth-order valence-corrected chi connectivity index (χ4v) is 1.38. The van der Waals surface area contributed by atoms with Gasteiger partial charge >= 0.3 is 0 Å². The lowest BCUT2D eigenvalue weighted by atomic mass is 10.2. The van der Waals surface area contributed by atoms with Crippen LogP contribution in [0.25, 0.3) is 0 Å². The topological polar surface area (TPSA) is 0 Å². The second-order valence-corrected chi connectivity index (χ2v) is 3.83. The maximum absolute atomic E-state index is 3.39. The van der Waals surface area contributed by atoms with Crippen LogP contribution in [-0.2, 0) is 5.33 Å². The minimum atomic E-state index is 0.967. The average Bonchev–Trinajstić information content (AvgIpc) is 1.90. The van der Waals surface area contributed by atoms with E-state index in [1.807, 2.05) is 0 Å². The molecule has 0 aliphatic heterocycles. The van der Waals surface area contributed by atoms with Crippen LogP contribution in [0.4, 0.5) is 0 Å². The van der Waals surface area contributed by atoms with Crippen LogP contribution in [0, 0.1) is 0 Å². The van der Waals surface area contributed by atoms with Crippen LogP contribution in [0.3, 0.4) is 0 Å². The first-order valence-corrected chi connectivity index (χ1v) is 5.06. The van der Waals surface area contributed by atoms with E-state index in [2.05, 4.69) is 40.2 Å². The summed E-state index contributed by atoms with van der Waals surface area (Å²) in [5.41, 5.74) is 1.36. The van der Waals surface area contributed by atoms with Gasteiger partial charge in [0.15, 0.2) is 0 Å². The molecule has 0 nitrogen and oxygen atoms in total. The Morgan fingerprint density at radius 1 is 1.22 bits per heavy atom. The highest BCUT2D eigenvalue weighted by molar-refractivity contribution is 9.08. The molecule has 0 amide bonds. The Bertz CT molecular complexity index is 181. The van der Waals surface area contributed by atoms with E-state index in [0.29, 0.717) is 0 Å². The summed E-state index contributed by atoms with van der Waals surface area (Å²) in [6.07, 6.45) is 0. The van der Waals surface area contributed by atoms with Gasteiger partial charge in [-0.15, -0.1) is 0 Å². The van der Waals surface area contributed by atoms with E-state index in [4.69, 9.17) is 0 Å². The number of rotatable bonds is 1. The van der Waals surface area contributed by atoms with Crippen LogP contribution in [-0.4, -0.2) is 10.2 Å². The first-order chi connectivity index (χ1) is 4.33. The van der Waals surface area contributed by atoms with Gasteiger partial charge in [-0.25, -0.2) is 0 Å². The first kappa shape index (κ1) is 7.03. The Balaban J connectivity index is 2.88. The Kier molecular flexibility index (Phi) is 2.48. The second-order valence-electron chi connectivity index (χ2n) is 2.12. The van der Waals surface area contributed by atoms with E-state index < -0.39 is 0 Å². The SMILES string of the molecule is [SiH3]c1ccc(CBr)cc1. The quantitative estimate of drug-likeness (QED) is 0.460. The van der Waals surface area contributed by atoms with Gasteiger partial charge in [-0.3, -0.25) is 0 Å². The summed E-state index contributed by atoms with van der Waals surface area (Å²) in [6.45, 7) is 0. The Labute approximate surface area is 66.8 Å². The Morgan fingerprint density at radius 3 is 2.22 bits per heavy atom. The molecule has 0 spiro atoms. The molecular weight excluding hydrogens is 192 g/mol. The lowest BCUT2D eigenvalue weighted by Crippen LogP contribution is -1.99. The summed E-state index contributed by atoms with van der Waals surface area (Å²) in [5.74, 6) is 0. The standard InChI is InChI=1S/C7H9BrSi/c8-5-6-1-3-7(9)4-2-6/h1-4H,5H2,9H3. The molecular formula is C7H9BrSi. The number of hydrogen-bond donors (Lipinski definition) is 0. The van der Waals surface area contributed by atoms with Gasteiger partial charge in [0.05, 0.1) is 0 Å². The summed E-state index contributed by atoms with van der Waals surface area (Å²) < 4.78 is 0. The molecule has 0 saturated heterocycles. The number of hydrogen-bond acceptors (Lipinski definition) is 0. The zero-order valence-electron chi connectivity index (χ0n) is 5.39. The smallest absolute Gasteiger partial charge is 0.0384 e. The molecule has 0 atom stereocenters. The summed E-state index contributed by atoms with van der Waals surface area (Å²) in [5, 5.41) is 2.43. The molecule has 0 fully saturated rings.